The molecule has 0 unspecified atom stereocenters. The Balaban J connectivity index is 2.29. The van der Waals surface area contributed by atoms with Gasteiger partial charge in [-0.1, -0.05) is 6.07 Å². The second-order valence-corrected chi connectivity index (χ2v) is 4.78. The fourth-order valence-corrected chi connectivity index (χ4v) is 2.13. The van der Waals surface area contributed by atoms with Crippen LogP contribution in [0.4, 0.5) is 0 Å². The van der Waals surface area contributed by atoms with Gasteiger partial charge in [-0.25, -0.2) is 0 Å². The first kappa shape index (κ1) is 16.6. The lowest BCUT2D eigenvalue weighted by Crippen LogP contribution is -1.99. The molecule has 0 aliphatic heterocycles. The third-order valence-corrected chi connectivity index (χ3v) is 3.18. The highest BCUT2D eigenvalue weighted by Gasteiger charge is 2.09. The van der Waals surface area contributed by atoms with E-state index in [2.05, 4.69) is 0 Å². The molecule has 4 heteroatoms. The van der Waals surface area contributed by atoms with Gasteiger partial charge < -0.3 is 14.6 Å². The molecular formula is C19H20O4. The molecule has 2 rings (SSSR count). The second kappa shape index (κ2) is 8.03. The molecule has 0 saturated heterocycles. The summed E-state index contributed by atoms with van der Waals surface area (Å²) in [6.07, 6.45) is 3.18. The van der Waals surface area contributed by atoms with Gasteiger partial charge in [0.15, 0.2) is 5.78 Å². The topological polar surface area (TPSA) is 55.8 Å². The van der Waals surface area contributed by atoms with Crippen molar-refractivity contribution in [2.24, 2.45) is 0 Å². The van der Waals surface area contributed by atoms with E-state index in [4.69, 9.17) is 9.47 Å². The first-order valence-corrected chi connectivity index (χ1v) is 7.55. The normalized spacial score (nSPS) is 10.7. The molecule has 23 heavy (non-hydrogen) atoms. The summed E-state index contributed by atoms with van der Waals surface area (Å²) in [5, 5.41) is 9.27. The number of hydrogen-bond donors (Lipinski definition) is 1. The number of benzene rings is 2. The van der Waals surface area contributed by atoms with Crippen LogP contribution in [0.5, 0.6) is 17.2 Å². The third kappa shape index (κ3) is 4.36. The van der Waals surface area contributed by atoms with Crippen LogP contribution in [0.15, 0.2) is 48.5 Å². The highest BCUT2D eigenvalue weighted by molar-refractivity contribution is 6.07. The maximum absolute atomic E-state index is 12.2. The summed E-state index contributed by atoms with van der Waals surface area (Å²) < 4.78 is 11.2. The number of carbonyl (C=O) groups excluding carboxylic acids is 1. The summed E-state index contributed by atoms with van der Waals surface area (Å²) >= 11 is 0. The van der Waals surface area contributed by atoms with Crippen molar-refractivity contribution in [2.45, 2.75) is 13.8 Å². The van der Waals surface area contributed by atoms with Crippen molar-refractivity contribution in [3.05, 3.63) is 59.7 Å². The Morgan fingerprint density at radius 3 is 2.09 bits per heavy atom. The number of rotatable bonds is 7. The van der Waals surface area contributed by atoms with Gasteiger partial charge in [-0.15, -0.1) is 0 Å². The average molecular weight is 312 g/mol. The largest absolute Gasteiger partial charge is 0.508 e. The van der Waals surface area contributed by atoms with E-state index in [1.807, 2.05) is 32.0 Å². The van der Waals surface area contributed by atoms with Crippen LogP contribution in [0.25, 0.3) is 6.08 Å². The predicted octanol–water partition coefficient (Wildman–Crippen LogP) is 4.09. The molecule has 0 aliphatic rings. The Hall–Kier alpha value is -2.75. The number of ether oxygens (including phenoxy) is 2. The Kier molecular flexibility index (Phi) is 5.80. The average Bonchev–Trinajstić information content (AvgIpc) is 2.55. The first-order valence-electron chi connectivity index (χ1n) is 7.55. The summed E-state index contributed by atoms with van der Waals surface area (Å²) in [5.41, 5.74) is 1.24. The minimum atomic E-state index is -0.154. The van der Waals surface area contributed by atoms with Crippen molar-refractivity contribution in [1.29, 1.82) is 0 Å². The van der Waals surface area contributed by atoms with Gasteiger partial charge in [0.05, 0.1) is 18.8 Å². The molecule has 0 radical (unpaired) electrons. The molecule has 0 spiro atoms. The number of allylic oxidation sites excluding steroid dienone is 1. The molecule has 2 aromatic rings. The van der Waals surface area contributed by atoms with Crippen LogP contribution < -0.4 is 9.47 Å². The lowest BCUT2D eigenvalue weighted by molar-refractivity contribution is 0.104. The van der Waals surface area contributed by atoms with Gasteiger partial charge in [0, 0.05) is 5.56 Å². The van der Waals surface area contributed by atoms with E-state index in [0.717, 1.165) is 5.56 Å². The summed E-state index contributed by atoms with van der Waals surface area (Å²) in [6, 6.07) is 11.7. The minimum absolute atomic E-state index is 0.130. The number of phenolic OH excluding ortho intramolecular Hbond substituents is 1. The van der Waals surface area contributed by atoms with Crippen LogP contribution in [0.3, 0.4) is 0 Å². The number of phenols is 1. The van der Waals surface area contributed by atoms with Gasteiger partial charge in [-0.3, -0.25) is 4.79 Å². The summed E-state index contributed by atoms with van der Waals surface area (Å²) in [5.74, 6) is 1.33. The van der Waals surface area contributed by atoms with Gasteiger partial charge in [-0.2, -0.15) is 0 Å². The first-order chi connectivity index (χ1) is 11.2. The smallest absolute Gasteiger partial charge is 0.185 e. The summed E-state index contributed by atoms with van der Waals surface area (Å²) in [4.78, 5) is 12.2. The molecule has 0 saturated carbocycles. The number of hydrogen-bond acceptors (Lipinski definition) is 4. The minimum Gasteiger partial charge on any atom is -0.508 e. The Morgan fingerprint density at radius 2 is 1.57 bits per heavy atom. The van der Waals surface area contributed by atoms with Crippen LogP contribution >= 0.6 is 0 Å². The predicted molar refractivity (Wildman–Crippen MR) is 90.3 cm³/mol. The van der Waals surface area contributed by atoms with Crippen LogP contribution in [-0.4, -0.2) is 24.1 Å². The monoisotopic (exact) mass is 312 g/mol. The van der Waals surface area contributed by atoms with E-state index in [0.29, 0.717) is 30.3 Å². The lowest BCUT2D eigenvalue weighted by atomic mass is 10.1. The molecule has 0 aromatic heterocycles. The van der Waals surface area contributed by atoms with E-state index >= 15 is 0 Å². The number of carbonyl (C=O) groups is 1. The molecule has 120 valence electrons. The number of ketones is 1. The van der Waals surface area contributed by atoms with Gasteiger partial charge in [0.25, 0.3) is 0 Å². The fraction of sp³-hybridized carbons (Fsp3) is 0.211. The maximum Gasteiger partial charge on any atom is 0.185 e. The zero-order valence-electron chi connectivity index (χ0n) is 13.3. The van der Waals surface area contributed by atoms with Crippen molar-refractivity contribution in [3.63, 3.8) is 0 Å². The van der Waals surface area contributed by atoms with Gasteiger partial charge in [0.1, 0.15) is 17.2 Å². The fourth-order valence-electron chi connectivity index (χ4n) is 2.13. The zero-order chi connectivity index (χ0) is 16.7. The Labute approximate surface area is 136 Å². The number of aromatic hydroxyl groups is 1. The lowest BCUT2D eigenvalue weighted by Gasteiger charge is -2.12. The second-order valence-electron chi connectivity index (χ2n) is 4.78. The molecule has 0 fully saturated rings. The molecule has 0 amide bonds. The van der Waals surface area contributed by atoms with Crippen molar-refractivity contribution in [1.82, 2.24) is 0 Å². The molecule has 0 bridgehead atoms. The van der Waals surface area contributed by atoms with Crippen molar-refractivity contribution in [3.8, 4) is 17.2 Å². The standard InChI is InChI=1S/C19H20O4/c1-3-22-18-6-5-7-19(23-4-2)16(18)12-13-17(21)14-8-10-15(20)11-9-14/h5-13,20H,3-4H2,1-2H3/b13-12+. The zero-order valence-corrected chi connectivity index (χ0v) is 13.3. The quantitative estimate of drug-likeness (QED) is 0.618. The summed E-state index contributed by atoms with van der Waals surface area (Å²) in [6.45, 7) is 4.87. The molecule has 2 aromatic carbocycles. The molecule has 1 N–H and O–H groups in total. The van der Waals surface area contributed by atoms with Crippen LogP contribution in [0.1, 0.15) is 29.8 Å². The van der Waals surface area contributed by atoms with E-state index in [-0.39, 0.29) is 11.5 Å². The Morgan fingerprint density at radius 1 is 1.00 bits per heavy atom. The van der Waals surface area contributed by atoms with Crippen molar-refractivity contribution < 1.29 is 19.4 Å². The highest BCUT2D eigenvalue weighted by Crippen LogP contribution is 2.30. The van der Waals surface area contributed by atoms with Gasteiger partial charge in [-0.05, 0) is 62.4 Å². The van der Waals surface area contributed by atoms with Crippen LogP contribution in [0, 0.1) is 0 Å². The van der Waals surface area contributed by atoms with Crippen molar-refractivity contribution in [2.75, 3.05) is 13.2 Å². The van der Waals surface area contributed by atoms with E-state index in [1.54, 1.807) is 18.2 Å². The van der Waals surface area contributed by atoms with Crippen LogP contribution in [0.2, 0.25) is 0 Å². The van der Waals surface area contributed by atoms with Crippen molar-refractivity contribution >= 4 is 11.9 Å². The Bertz CT molecular complexity index is 663. The van der Waals surface area contributed by atoms with E-state index in [1.165, 1.54) is 18.2 Å². The molecule has 4 nitrogen and oxygen atoms in total. The van der Waals surface area contributed by atoms with Gasteiger partial charge in [0.2, 0.25) is 0 Å². The molecule has 0 heterocycles. The third-order valence-electron chi connectivity index (χ3n) is 3.18. The van der Waals surface area contributed by atoms with Crippen LogP contribution in [-0.2, 0) is 0 Å². The van der Waals surface area contributed by atoms with E-state index in [9.17, 15) is 9.90 Å². The van der Waals surface area contributed by atoms with Gasteiger partial charge >= 0.3 is 0 Å². The SMILES string of the molecule is CCOc1cccc(OCC)c1/C=C/C(=O)c1ccc(O)cc1. The molecule has 0 atom stereocenters. The highest BCUT2D eigenvalue weighted by atomic mass is 16.5. The molecule has 0 aliphatic carbocycles. The summed E-state index contributed by atoms with van der Waals surface area (Å²) in [7, 11) is 0. The maximum atomic E-state index is 12.2. The molecular weight excluding hydrogens is 292 g/mol. The van der Waals surface area contributed by atoms with E-state index < -0.39 is 0 Å².